The average molecular weight is 309 g/mol. The molecule has 0 bridgehead atoms. The molecule has 0 saturated heterocycles. The van der Waals surface area contributed by atoms with Gasteiger partial charge in [-0.2, -0.15) is 0 Å². The topological polar surface area (TPSA) is 147 Å². The first-order valence-electron chi connectivity index (χ1n) is 6.01. The molecule has 0 saturated carbocycles. The lowest BCUT2D eigenvalue weighted by atomic mass is 10.1. The van der Waals surface area contributed by atoms with Gasteiger partial charge in [-0.15, -0.1) is 0 Å². The summed E-state index contributed by atoms with van der Waals surface area (Å²) >= 11 is -2.12. The van der Waals surface area contributed by atoms with Crippen molar-refractivity contribution in [2.45, 2.75) is 17.4 Å². The lowest BCUT2D eigenvalue weighted by Crippen LogP contribution is -2.37. The summed E-state index contributed by atoms with van der Waals surface area (Å²) < 4.78 is 19.9. The van der Waals surface area contributed by atoms with Gasteiger partial charge in [0.2, 0.25) is 5.91 Å². The molecule has 21 heavy (non-hydrogen) atoms. The molecule has 1 aromatic carbocycles. The first-order chi connectivity index (χ1) is 9.97. The molecule has 0 aliphatic carbocycles. The third kappa shape index (κ3) is 3.88. The molecule has 2 aromatic rings. The lowest BCUT2D eigenvalue weighted by molar-refractivity contribution is -0.117. The van der Waals surface area contributed by atoms with Crippen LogP contribution in [0.25, 0.3) is 0 Å². The Labute approximate surface area is 123 Å². The normalized spacial score (nSPS) is 13.6. The SMILES string of the molecule is Nc1cc(S(=O)O)ccc1NC(=O)[C@@H](N)Cc1cnc[nH]1. The van der Waals surface area contributed by atoms with Crippen molar-refractivity contribution in [2.75, 3.05) is 11.1 Å². The van der Waals surface area contributed by atoms with Crippen LogP contribution >= 0.6 is 0 Å². The van der Waals surface area contributed by atoms with E-state index in [1.807, 2.05) is 0 Å². The number of nitrogens with two attached hydrogens (primary N) is 2. The van der Waals surface area contributed by atoms with Crippen LogP contribution in [0.2, 0.25) is 0 Å². The largest absolute Gasteiger partial charge is 0.397 e. The Morgan fingerprint density at radius 2 is 2.29 bits per heavy atom. The number of nitrogens with one attached hydrogen (secondary N) is 2. The molecule has 0 aliphatic heterocycles. The van der Waals surface area contributed by atoms with Crippen LogP contribution in [0.5, 0.6) is 0 Å². The number of nitrogens with zero attached hydrogens (tertiary/aromatic N) is 1. The number of carbonyl (C=O) groups is 1. The Morgan fingerprint density at radius 1 is 1.52 bits per heavy atom. The standard InChI is InChI=1S/C12H15N5O3S/c13-9-4-8(21(19)20)1-2-11(9)17-12(18)10(14)3-7-5-15-6-16-7/h1-2,4-6,10H,3,13-14H2,(H,15,16)(H,17,18)(H,19,20)/t10-/m0/s1. The molecule has 7 N–H and O–H groups in total. The fourth-order valence-corrected chi connectivity index (χ4v) is 2.13. The highest BCUT2D eigenvalue weighted by atomic mass is 32.2. The second-order valence-corrected chi connectivity index (χ2v) is 5.34. The smallest absolute Gasteiger partial charge is 0.241 e. The highest BCUT2D eigenvalue weighted by Crippen LogP contribution is 2.21. The summed E-state index contributed by atoms with van der Waals surface area (Å²) in [5.41, 5.74) is 12.8. The molecule has 2 atom stereocenters. The minimum Gasteiger partial charge on any atom is -0.397 e. The van der Waals surface area contributed by atoms with Gasteiger partial charge in [-0.25, -0.2) is 9.19 Å². The minimum absolute atomic E-state index is 0.159. The Kier molecular flexibility index (Phi) is 4.68. The summed E-state index contributed by atoms with van der Waals surface area (Å²) in [4.78, 5) is 18.8. The summed E-state index contributed by atoms with van der Waals surface area (Å²) in [7, 11) is 0. The maximum Gasteiger partial charge on any atom is 0.241 e. The fraction of sp³-hybridized carbons (Fsp3) is 0.167. The first-order valence-corrected chi connectivity index (χ1v) is 7.12. The highest BCUT2D eigenvalue weighted by molar-refractivity contribution is 7.79. The monoisotopic (exact) mass is 309 g/mol. The summed E-state index contributed by atoms with van der Waals surface area (Å²) in [5.74, 6) is -0.408. The maximum atomic E-state index is 12.0. The van der Waals surface area contributed by atoms with E-state index in [1.165, 1.54) is 24.5 Å². The number of carbonyl (C=O) groups excluding carboxylic acids is 1. The number of H-pyrrole nitrogens is 1. The van der Waals surface area contributed by atoms with Gasteiger partial charge in [0.25, 0.3) is 0 Å². The Hall–Kier alpha value is -2.23. The van der Waals surface area contributed by atoms with Crippen molar-refractivity contribution in [1.29, 1.82) is 0 Å². The molecular formula is C12H15N5O3S. The number of nitrogen functional groups attached to an aromatic ring is 1. The predicted octanol–water partition coefficient (Wildman–Crippen LogP) is 0.0810. The van der Waals surface area contributed by atoms with Crippen LogP contribution in [0.3, 0.4) is 0 Å². The van der Waals surface area contributed by atoms with Gasteiger partial charge < -0.3 is 26.3 Å². The number of anilines is 2. The molecule has 112 valence electrons. The van der Waals surface area contributed by atoms with Crippen LogP contribution in [0, 0.1) is 0 Å². The zero-order valence-corrected chi connectivity index (χ0v) is 11.8. The molecule has 1 amide bonds. The molecule has 1 heterocycles. The van der Waals surface area contributed by atoms with Crippen molar-refractivity contribution < 1.29 is 13.6 Å². The first kappa shape index (κ1) is 15.2. The van der Waals surface area contributed by atoms with E-state index in [9.17, 15) is 9.00 Å². The molecular weight excluding hydrogens is 294 g/mol. The van der Waals surface area contributed by atoms with Crippen molar-refractivity contribution in [2.24, 2.45) is 5.73 Å². The molecule has 0 spiro atoms. The third-order valence-corrected chi connectivity index (χ3v) is 3.47. The summed E-state index contributed by atoms with van der Waals surface area (Å²) in [6, 6.07) is 3.42. The van der Waals surface area contributed by atoms with E-state index in [2.05, 4.69) is 15.3 Å². The van der Waals surface area contributed by atoms with Crippen LogP contribution in [-0.4, -0.2) is 30.7 Å². The highest BCUT2D eigenvalue weighted by Gasteiger charge is 2.16. The van der Waals surface area contributed by atoms with Crippen LogP contribution in [-0.2, 0) is 22.3 Å². The zero-order valence-electron chi connectivity index (χ0n) is 10.9. The van der Waals surface area contributed by atoms with E-state index in [4.69, 9.17) is 16.0 Å². The average Bonchev–Trinajstić information content (AvgIpc) is 2.93. The third-order valence-electron chi connectivity index (χ3n) is 2.81. The summed E-state index contributed by atoms with van der Waals surface area (Å²) in [6.07, 6.45) is 3.41. The number of amides is 1. The van der Waals surface area contributed by atoms with Gasteiger partial charge in [0.15, 0.2) is 11.1 Å². The summed E-state index contributed by atoms with van der Waals surface area (Å²) in [6.45, 7) is 0. The Morgan fingerprint density at radius 3 is 2.86 bits per heavy atom. The molecule has 0 radical (unpaired) electrons. The minimum atomic E-state index is -2.12. The van der Waals surface area contributed by atoms with Gasteiger partial charge in [-0.3, -0.25) is 4.79 Å². The van der Waals surface area contributed by atoms with E-state index in [0.717, 1.165) is 5.69 Å². The predicted molar refractivity (Wildman–Crippen MR) is 78.8 cm³/mol. The van der Waals surface area contributed by atoms with E-state index in [0.29, 0.717) is 12.1 Å². The van der Waals surface area contributed by atoms with Crippen LogP contribution < -0.4 is 16.8 Å². The van der Waals surface area contributed by atoms with Crippen LogP contribution in [0.1, 0.15) is 5.69 Å². The molecule has 8 nitrogen and oxygen atoms in total. The van der Waals surface area contributed by atoms with Crippen molar-refractivity contribution in [3.63, 3.8) is 0 Å². The second kappa shape index (κ2) is 6.48. The van der Waals surface area contributed by atoms with Crippen molar-refractivity contribution in [1.82, 2.24) is 9.97 Å². The molecule has 2 rings (SSSR count). The molecule has 1 unspecified atom stereocenters. The van der Waals surface area contributed by atoms with Gasteiger partial charge in [0, 0.05) is 18.3 Å². The number of aromatic nitrogens is 2. The number of benzene rings is 1. The maximum absolute atomic E-state index is 12.0. The Balaban J connectivity index is 2.03. The molecule has 1 aromatic heterocycles. The number of hydrogen-bond acceptors (Lipinski definition) is 5. The Bertz CT molecular complexity index is 659. The lowest BCUT2D eigenvalue weighted by Gasteiger charge is -2.13. The number of hydrogen-bond donors (Lipinski definition) is 5. The van der Waals surface area contributed by atoms with Gasteiger partial charge in [-0.1, -0.05) is 0 Å². The number of aromatic amines is 1. The van der Waals surface area contributed by atoms with Gasteiger partial charge in [0.1, 0.15) is 0 Å². The van der Waals surface area contributed by atoms with Crippen molar-refractivity contribution in [3.05, 3.63) is 36.4 Å². The van der Waals surface area contributed by atoms with E-state index < -0.39 is 23.0 Å². The van der Waals surface area contributed by atoms with Gasteiger partial charge in [0.05, 0.1) is 28.6 Å². The zero-order chi connectivity index (χ0) is 15.4. The fourth-order valence-electron chi connectivity index (χ4n) is 1.71. The summed E-state index contributed by atoms with van der Waals surface area (Å²) in [5, 5.41) is 2.58. The second-order valence-electron chi connectivity index (χ2n) is 4.37. The number of imidazole rings is 1. The molecule has 0 aliphatic rings. The van der Waals surface area contributed by atoms with E-state index >= 15 is 0 Å². The molecule has 9 heteroatoms. The van der Waals surface area contributed by atoms with E-state index in [-0.39, 0.29) is 10.6 Å². The van der Waals surface area contributed by atoms with Crippen LogP contribution in [0.15, 0.2) is 35.6 Å². The van der Waals surface area contributed by atoms with Crippen LogP contribution in [0.4, 0.5) is 11.4 Å². The quantitative estimate of drug-likeness (QED) is 0.390. The number of rotatable bonds is 5. The molecule has 0 fully saturated rings. The van der Waals surface area contributed by atoms with Gasteiger partial charge >= 0.3 is 0 Å². The van der Waals surface area contributed by atoms with Gasteiger partial charge in [-0.05, 0) is 18.2 Å². The van der Waals surface area contributed by atoms with Crippen molar-refractivity contribution >= 4 is 28.4 Å². The van der Waals surface area contributed by atoms with E-state index in [1.54, 1.807) is 6.20 Å². The van der Waals surface area contributed by atoms with Crippen molar-refractivity contribution in [3.8, 4) is 0 Å².